The summed E-state index contributed by atoms with van der Waals surface area (Å²) in [4.78, 5) is 13.6. The predicted octanol–water partition coefficient (Wildman–Crippen LogP) is 4.14. The minimum absolute atomic E-state index is 0.347. The smallest absolute Gasteiger partial charge is 0.275 e. The molecule has 1 aliphatic rings. The lowest BCUT2D eigenvalue weighted by molar-refractivity contribution is 0.235. The number of nitrogens with one attached hydrogen (secondary N) is 1. The van der Waals surface area contributed by atoms with Gasteiger partial charge in [-0.2, -0.15) is 14.2 Å². The molecule has 4 nitrogen and oxygen atoms in total. The third kappa shape index (κ3) is 3.58. The summed E-state index contributed by atoms with van der Waals surface area (Å²) in [6.45, 7) is 1.75. The van der Waals surface area contributed by atoms with Crippen molar-refractivity contribution in [3.8, 4) is 0 Å². The van der Waals surface area contributed by atoms with Crippen molar-refractivity contribution in [2.75, 3.05) is 4.90 Å². The van der Waals surface area contributed by atoms with Gasteiger partial charge in [0.2, 0.25) is 0 Å². The molecule has 1 heterocycles. The summed E-state index contributed by atoms with van der Waals surface area (Å²) in [7, 11) is 0. The summed E-state index contributed by atoms with van der Waals surface area (Å²) in [5, 5.41) is 0.562. The fourth-order valence-corrected chi connectivity index (χ4v) is 2.77. The number of hydrazine groups is 1. The summed E-state index contributed by atoms with van der Waals surface area (Å²) < 4.78 is 11.5. The second-order valence-corrected chi connectivity index (χ2v) is 7.00. The quantitative estimate of drug-likeness (QED) is 0.661. The lowest BCUT2D eigenvalue weighted by Gasteiger charge is -2.19. The minimum atomic E-state index is -2.58. The zero-order chi connectivity index (χ0) is 14.2. The molecule has 0 spiro atoms. The van der Waals surface area contributed by atoms with Gasteiger partial charge in [-0.1, -0.05) is 34.8 Å². The van der Waals surface area contributed by atoms with Crippen LogP contribution < -0.4 is 10.3 Å². The number of alkyl halides is 3. The molecule has 0 aromatic heterocycles. The fraction of sp³-hybridized carbons (Fsp3) is 0.300. The monoisotopic (exact) mass is 343 g/mol. The Morgan fingerprint density at radius 3 is 2.47 bits per heavy atom. The molecule has 1 N–H and O–H groups in total. The van der Waals surface area contributed by atoms with E-state index in [1.165, 1.54) is 4.90 Å². The van der Waals surface area contributed by atoms with Crippen molar-refractivity contribution in [2.24, 2.45) is 0 Å². The van der Waals surface area contributed by atoms with E-state index in [1.807, 2.05) is 0 Å². The number of carbonyl (C=O) groups is 1. The molecule has 2 rings (SSSR count). The van der Waals surface area contributed by atoms with Crippen LogP contribution in [0.15, 0.2) is 24.3 Å². The summed E-state index contributed by atoms with van der Waals surface area (Å²) in [6.07, 6.45) is -0.364. The number of urea groups is 1. The first-order chi connectivity index (χ1) is 8.78. The van der Waals surface area contributed by atoms with E-state index in [0.717, 1.165) is 4.41 Å². The van der Waals surface area contributed by atoms with Crippen LogP contribution in [-0.2, 0) is 0 Å². The maximum atomic E-state index is 13.1. The summed E-state index contributed by atoms with van der Waals surface area (Å²) in [6, 6.07) is 6.24. The standard InChI is InChI=1S/C10H9Cl3FN3OS/c1-6-15-17(19-10(12,13)14)9(18)16(6)8-4-2-7(11)3-5-8/h2-6,15H,1H3. The zero-order valence-electron chi connectivity index (χ0n) is 9.61. The molecule has 19 heavy (non-hydrogen) atoms. The fourth-order valence-electron chi connectivity index (χ4n) is 1.65. The van der Waals surface area contributed by atoms with E-state index in [1.54, 1.807) is 31.2 Å². The maximum Gasteiger partial charge on any atom is 0.350 e. The Bertz CT molecular complexity index is 482. The second-order valence-electron chi connectivity index (χ2n) is 3.77. The van der Waals surface area contributed by atoms with Gasteiger partial charge in [0, 0.05) is 22.7 Å². The molecule has 0 radical (unpaired) electrons. The van der Waals surface area contributed by atoms with E-state index in [2.05, 4.69) is 5.43 Å². The molecule has 1 aromatic carbocycles. The van der Waals surface area contributed by atoms with Gasteiger partial charge in [-0.05, 0) is 31.2 Å². The molecule has 1 saturated heterocycles. The van der Waals surface area contributed by atoms with Crippen molar-refractivity contribution in [1.29, 1.82) is 0 Å². The summed E-state index contributed by atoms with van der Waals surface area (Å²) >= 11 is 16.6. The first kappa shape index (κ1) is 15.0. The Kier molecular flexibility index (Phi) is 4.37. The number of anilines is 1. The zero-order valence-corrected chi connectivity index (χ0v) is 12.7. The summed E-state index contributed by atoms with van der Waals surface area (Å²) in [5.74, 6) is 0. The number of amides is 2. The normalized spacial score (nSPS) is 20.3. The lowest BCUT2D eigenvalue weighted by Crippen LogP contribution is -2.34. The van der Waals surface area contributed by atoms with Gasteiger partial charge < -0.3 is 0 Å². The molecule has 1 atom stereocenters. The Morgan fingerprint density at radius 1 is 1.37 bits per heavy atom. The number of benzene rings is 1. The van der Waals surface area contributed by atoms with Crippen LogP contribution in [0, 0.1) is 0 Å². The molecule has 1 fully saturated rings. The lowest BCUT2D eigenvalue weighted by atomic mass is 10.3. The van der Waals surface area contributed by atoms with Gasteiger partial charge in [-0.15, -0.1) is 0 Å². The molecule has 0 bridgehead atoms. The van der Waals surface area contributed by atoms with Crippen LogP contribution in [0.3, 0.4) is 0 Å². The number of nitrogens with zero attached hydrogens (tertiary/aromatic N) is 2. The van der Waals surface area contributed by atoms with Crippen molar-refractivity contribution in [2.45, 2.75) is 17.0 Å². The molecule has 1 aliphatic heterocycles. The highest BCUT2D eigenvalue weighted by atomic mass is 35.5. The Hall–Kier alpha value is -0.400. The van der Waals surface area contributed by atoms with Crippen molar-refractivity contribution in [1.82, 2.24) is 9.84 Å². The molecule has 1 unspecified atom stereocenters. The van der Waals surface area contributed by atoms with E-state index in [4.69, 9.17) is 34.8 Å². The number of carbonyl (C=O) groups excluding carboxylic acids is 1. The average Bonchev–Trinajstić information content (AvgIpc) is 2.54. The Labute approximate surface area is 128 Å². The maximum absolute atomic E-state index is 13.1. The van der Waals surface area contributed by atoms with Crippen molar-refractivity contribution in [3.63, 3.8) is 0 Å². The first-order valence-corrected chi connectivity index (χ1v) is 7.09. The first-order valence-electron chi connectivity index (χ1n) is 5.19. The topological polar surface area (TPSA) is 35.6 Å². The second kappa shape index (κ2) is 5.54. The molecular formula is C10H9Cl3FN3OS. The van der Waals surface area contributed by atoms with Gasteiger partial charge in [0.1, 0.15) is 6.17 Å². The van der Waals surface area contributed by atoms with Gasteiger partial charge in [-0.25, -0.2) is 4.79 Å². The van der Waals surface area contributed by atoms with Gasteiger partial charge in [0.25, 0.3) is 0 Å². The van der Waals surface area contributed by atoms with Crippen LogP contribution in [0.5, 0.6) is 0 Å². The van der Waals surface area contributed by atoms with Gasteiger partial charge >= 0.3 is 9.95 Å². The minimum Gasteiger partial charge on any atom is -0.275 e. The highest BCUT2D eigenvalue weighted by molar-refractivity contribution is 8.01. The number of hydrogen-bond acceptors (Lipinski definition) is 3. The third-order valence-electron chi connectivity index (χ3n) is 2.37. The van der Waals surface area contributed by atoms with E-state index in [0.29, 0.717) is 22.7 Å². The van der Waals surface area contributed by atoms with E-state index in [9.17, 15) is 9.18 Å². The van der Waals surface area contributed by atoms with E-state index in [-0.39, 0.29) is 6.17 Å². The van der Waals surface area contributed by atoms with Crippen molar-refractivity contribution in [3.05, 3.63) is 29.3 Å². The Morgan fingerprint density at radius 2 is 1.95 bits per heavy atom. The molecule has 0 saturated carbocycles. The highest BCUT2D eigenvalue weighted by Gasteiger charge is 2.41. The summed E-state index contributed by atoms with van der Waals surface area (Å²) in [5.41, 5.74) is 3.38. The van der Waals surface area contributed by atoms with Crippen molar-refractivity contribution >= 4 is 58.5 Å². The number of hydrogen-bond donors (Lipinski definition) is 1. The highest BCUT2D eigenvalue weighted by Crippen LogP contribution is 2.40. The van der Waals surface area contributed by atoms with Crippen LogP contribution in [0.1, 0.15) is 6.92 Å². The number of halogens is 4. The molecule has 0 aliphatic carbocycles. The van der Waals surface area contributed by atoms with Crippen LogP contribution >= 0.6 is 46.8 Å². The largest absolute Gasteiger partial charge is 0.350 e. The van der Waals surface area contributed by atoms with Crippen LogP contribution in [0.25, 0.3) is 0 Å². The van der Waals surface area contributed by atoms with E-state index >= 15 is 0 Å². The molecular weight excluding hydrogens is 336 g/mol. The molecule has 9 heteroatoms. The van der Waals surface area contributed by atoms with Gasteiger partial charge in [0.15, 0.2) is 0 Å². The number of rotatable bonds is 3. The SMILES string of the molecule is CC1NN(SC(F)(Cl)Cl)C(=O)N1c1ccc(Cl)cc1. The molecule has 104 valence electrons. The predicted molar refractivity (Wildman–Crippen MR) is 76.9 cm³/mol. The van der Waals surface area contributed by atoms with Crippen molar-refractivity contribution < 1.29 is 9.18 Å². The average molecular weight is 345 g/mol. The van der Waals surface area contributed by atoms with Crippen LogP contribution in [-0.4, -0.2) is 20.5 Å². The van der Waals surface area contributed by atoms with Gasteiger partial charge in [-0.3, -0.25) is 4.90 Å². The van der Waals surface area contributed by atoms with E-state index < -0.39 is 9.95 Å². The van der Waals surface area contributed by atoms with Crippen LogP contribution in [0.4, 0.5) is 14.9 Å². The molecule has 1 aromatic rings. The third-order valence-corrected chi connectivity index (χ3v) is 3.69. The Balaban J connectivity index is 2.19. The van der Waals surface area contributed by atoms with Crippen LogP contribution in [0.2, 0.25) is 5.02 Å². The molecule has 2 amide bonds. The van der Waals surface area contributed by atoms with Gasteiger partial charge in [0.05, 0.1) is 0 Å².